The first-order chi connectivity index (χ1) is 13.0. The zero-order valence-electron chi connectivity index (χ0n) is 16.0. The van der Waals surface area contributed by atoms with Gasteiger partial charge in [-0.2, -0.15) is 5.10 Å². The molecule has 0 radical (unpaired) electrons. The Labute approximate surface area is 165 Å². The van der Waals surface area contributed by atoms with Crippen LogP contribution in [0.2, 0.25) is 5.02 Å². The average Bonchev–Trinajstić information content (AvgIpc) is 3.09. The molecule has 0 bridgehead atoms. The molecule has 0 fully saturated rings. The zero-order chi connectivity index (χ0) is 19.8. The quantitative estimate of drug-likeness (QED) is 0.486. The van der Waals surface area contributed by atoms with Crippen LogP contribution in [0.3, 0.4) is 0 Å². The van der Waals surface area contributed by atoms with Gasteiger partial charge in [0.15, 0.2) is 0 Å². The first-order valence-corrected chi connectivity index (χ1v) is 9.57. The number of halogens is 1. The average molecular weight is 392 g/mol. The van der Waals surface area contributed by atoms with E-state index in [1.165, 1.54) is 0 Å². The molecule has 1 heterocycles. The lowest BCUT2D eigenvalue weighted by Gasteiger charge is -2.23. The number of nitrogens with zero attached hydrogens (tertiary/aromatic N) is 3. The molecule has 0 N–H and O–H groups in total. The van der Waals surface area contributed by atoms with Crippen LogP contribution in [0.5, 0.6) is 0 Å². The Morgan fingerprint density at radius 1 is 1.15 bits per heavy atom. The van der Waals surface area contributed by atoms with E-state index in [1.54, 1.807) is 22.7 Å². The molecule has 1 aromatic heterocycles. The molecule has 1 aromatic carbocycles. The van der Waals surface area contributed by atoms with Crippen molar-refractivity contribution < 1.29 is 14.3 Å². The van der Waals surface area contributed by atoms with E-state index in [4.69, 9.17) is 16.3 Å². The normalized spacial score (nSPS) is 11.9. The molecule has 1 unspecified atom stereocenters. The van der Waals surface area contributed by atoms with Gasteiger partial charge in [0, 0.05) is 24.3 Å². The lowest BCUT2D eigenvalue weighted by atomic mass is 10.00. The summed E-state index contributed by atoms with van der Waals surface area (Å²) in [5.74, 6) is -1.54. The van der Waals surface area contributed by atoms with Crippen LogP contribution >= 0.6 is 11.6 Å². The van der Waals surface area contributed by atoms with Crippen molar-refractivity contribution in [2.45, 2.75) is 33.7 Å². The molecule has 0 aliphatic rings. The second kappa shape index (κ2) is 10.1. The van der Waals surface area contributed by atoms with Crippen LogP contribution < -0.4 is 0 Å². The minimum absolute atomic E-state index is 0.205. The molecule has 1 atom stereocenters. The van der Waals surface area contributed by atoms with Gasteiger partial charge in [-0.25, -0.2) is 0 Å². The zero-order valence-corrected chi connectivity index (χ0v) is 16.8. The Kier molecular flexibility index (Phi) is 7.85. The SMILES string of the molecule is CCOC(=O)C(Cc1cnn(Cc2ccc(Cl)cc2)c1)C(=O)N(CC)CC. The molecule has 0 saturated heterocycles. The summed E-state index contributed by atoms with van der Waals surface area (Å²) in [6.45, 7) is 7.48. The molecular weight excluding hydrogens is 366 g/mol. The molecule has 0 spiro atoms. The third-order valence-electron chi connectivity index (χ3n) is 4.33. The van der Waals surface area contributed by atoms with Crippen molar-refractivity contribution in [3.05, 3.63) is 52.8 Å². The number of esters is 1. The maximum atomic E-state index is 12.7. The Balaban J connectivity index is 2.12. The van der Waals surface area contributed by atoms with Crippen molar-refractivity contribution in [2.75, 3.05) is 19.7 Å². The van der Waals surface area contributed by atoms with Crippen molar-refractivity contribution in [3.8, 4) is 0 Å². The summed E-state index contributed by atoms with van der Waals surface area (Å²) >= 11 is 5.91. The highest BCUT2D eigenvalue weighted by molar-refractivity contribution is 6.30. The highest BCUT2D eigenvalue weighted by Crippen LogP contribution is 2.15. The summed E-state index contributed by atoms with van der Waals surface area (Å²) in [5.41, 5.74) is 1.89. The molecule has 6 nitrogen and oxygen atoms in total. The maximum absolute atomic E-state index is 12.7. The molecule has 146 valence electrons. The van der Waals surface area contributed by atoms with E-state index in [2.05, 4.69) is 5.10 Å². The van der Waals surface area contributed by atoms with Crippen molar-refractivity contribution in [1.82, 2.24) is 14.7 Å². The Hall–Kier alpha value is -2.34. The van der Waals surface area contributed by atoms with Crippen LogP contribution in [0.4, 0.5) is 0 Å². The summed E-state index contributed by atoms with van der Waals surface area (Å²) < 4.78 is 6.90. The molecule has 27 heavy (non-hydrogen) atoms. The fourth-order valence-electron chi connectivity index (χ4n) is 2.88. The van der Waals surface area contributed by atoms with E-state index < -0.39 is 11.9 Å². The van der Waals surface area contributed by atoms with Gasteiger partial charge < -0.3 is 9.64 Å². The largest absolute Gasteiger partial charge is 0.465 e. The van der Waals surface area contributed by atoms with E-state index in [0.29, 0.717) is 24.7 Å². The first kappa shape index (κ1) is 21.0. The number of aromatic nitrogens is 2. The molecule has 0 aliphatic heterocycles. The fourth-order valence-corrected chi connectivity index (χ4v) is 3.01. The van der Waals surface area contributed by atoms with E-state index in [9.17, 15) is 9.59 Å². The minimum atomic E-state index is -0.849. The Morgan fingerprint density at radius 2 is 1.81 bits per heavy atom. The van der Waals surface area contributed by atoms with Crippen LogP contribution in [0, 0.1) is 5.92 Å². The van der Waals surface area contributed by atoms with Gasteiger partial charge in [0.25, 0.3) is 0 Å². The first-order valence-electron chi connectivity index (χ1n) is 9.19. The van der Waals surface area contributed by atoms with Crippen molar-refractivity contribution in [3.63, 3.8) is 0 Å². The number of carbonyl (C=O) groups is 2. The third kappa shape index (κ3) is 5.82. The van der Waals surface area contributed by atoms with Crippen LogP contribution in [-0.2, 0) is 27.3 Å². The van der Waals surface area contributed by atoms with E-state index in [1.807, 2.05) is 44.3 Å². The molecule has 0 aliphatic carbocycles. The molecule has 1 amide bonds. The predicted molar refractivity (Wildman–Crippen MR) is 105 cm³/mol. The van der Waals surface area contributed by atoms with Crippen LogP contribution in [0.25, 0.3) is 0 Å². The standard InChI is InChI=1S/C20H26ClN3O3/c1-4-23(5-2)19(25)18(20(26)27-6-3)11-16-12-22-24(14-16)13-15-7-9-17(21)10-8-15/h7-10,12,14,18H,4-6,11,13H2,1-3H3. The van der Waals surface area contributed by atoms with Gasteiger partial charge >= 0.3 is 5.97 Å². The van der Waals surface area contributed by atoms with Crippen molar-refractivity contribution >= 4 is 23.5 Å². The van der Waals surface area contributed by atoms with Gasteiger partial charge in [-0.15, -0.1) is 0 Å². The number of hydrogen-bond donors (Lipinski definition) is 0. The summed E-state index contributed by atoms with van der Waals surface area (Å²) in [6, 6.07) is 7.55. The number of ether oxygens (including phenoxy) is 1. The van der Waals surface area contributed by atoms with E-state index in [-0.39, 0.29) is 18.9 Å². The highest BCUT2D eigenvalue weighted by atomic mass is 35.5. The van der Waals surface area contributed by atoms with Crippen molar-refractivity contribution in [2.24, 2.45) is 5.92 Å². The summed E-state index contributed by atoms with van der Waals surface area (Å²) in [6.07, 6.45) is 3.82. The van der Waals surface area contributed by atoms with Crippen LogP contribution in [0.1, 0.15) is 31.9 Å². The van der Waals surface area contributed by atoms with Gasteiger partial charge in [-0.05, 0) is 50.5 Å². The molecule has 7 heteroatoms. The number of hydrogen-bond acceptors (Lipinski definition) is 4. The van der Waals surface area contributed by atoms with Crippen molar-refractivity contribution in [1.29, 1.82) is 0 Å². The fraction of sp³-hybridized carbons (Fsp3) is 0.450. The summed E-state index contributed by atoms with van der Waals surface area (Å²) in [5, 5.41) is 5.03. The second-order valence-electron chi connectivity index (χ2n) is 6.19. The van der Waals surface area contributed by atoms with Crippen LogP contribution in [0.15, 0.2) is 36.7 Å². The molecule has 2 rings (SSSR count). The topological polar surface area (TPSA) is 64.4 Å². The summed E-state index contributed by atoms with van der Waals surface area (Å²) in [4.78, 5) is 26.7. The smallest absolute Gasteiger partial charge is 0.318 e. The lowest BCUT2D eigenvalue weighted by molar-refractivity contribution is -0.155. The molecule has 0 saturated carbocycles. The Bertz CT molecular complexity index is 754. The van der Waals surface area contributed by atoms with Gasteiger partial charge in [0.2, 0.25) is 5.91 Å². The van der Waals surface area contributed by atoms with Crippen LogP contribution in [-0.4, -0.2) is 46.3 Å². The number of amides is 1. The Morgan fingerprint density at radius 3 is 2.41 bits per heavy atom. The minimum Gasteiger partial charge on any atom is -0.465 e. The maximum Gasteiger partial charge on any atom is 0.318 e. The van der Waals surface area contributed by atoms with Gasteiger partial charge in [-0.1, -0.05) is 23.7 Å². The highest BCUT2D eigenvalue weighted by Gasteiger charge is 2.31. The predicted octanol–water partition coefficient (Wildman–Crippen LogP) is 3.18. The summed E-state index contributed by atoms with van der Waals surface area (Å²) in [7, 11) is 0. The number of rotatable bonds is 9. The number of carbonyl (C=O) groups excluding carboxylic acids is 2. The molecule has 2 aromatic rings. The number of benzene rings is 1. The van der Waals surface area contributed by atoms with Gasteiger partial charge in [-0.3, -0.25) is 14.3 Å². The monoisotopic (exact) mass is 391 g/mol. The van der Waals surface area contributed by atoms with E-state index in [0.717, 1.165) is 11.1 Å². The lowest BCUT2D eigenvalue weighted by Crippen LogP contribution is -2.41. The van der Waals surface area contributed by atoms with E-state index >= 15 is 0 Å². The van der Waals surface area contributed by atoms with Gasteiger partial charge in [0.05, 0.1) is 19.3 Å². The second-order valence-corrected chi connectivity index (χ2v) is 6.63. The molecular formula is C20H26ClN3O3. The third-order valence-corrected chi connectivity index (χ3v) is 4.58. The van der Waals surface area contributed by atoms with Gasteiger partial charge in [0.1, 0.15) is 5.92 Å².